The van der Waals surface area contributed by atoms with Crippen molar-refractivity contribution in [2.24, 2.45) is 4.99 Å². The van der Waals surface area contributed by atoms with Crippen molar-refractivity contribution in [2.45, 2.75) is 39.4 Å². The van der Waals surface area contributed by atoms with Gasteiger partial charge in [0.25, 0.3) is 5.91 Å². The molecule has 0 radical (unpaired) electrons. The highest BCUT2D eigenvalue weighted by Crippen LogP contribution is 2.32. The van der Waals surface area contributed by atoms with Crippen LogP contribution < -0.4 is 10.2 Å². The average Bonchev–Trinajstić information content (AvgIpc) is 3.19. The maximum atomic E-state index is 14.5. The number of benzene rings is 2. The molecule has 0 aliphatic carbocycles. The first-order valence-corrected chi connectivity index (χ1v) is 12.5. The smallest absolute Gasteiger partial charge is 0.405 e. The molecule has 7 nitrogen and oxygen atoms in total. The van der Waals surface area contributed by atoms with Crippen LogP contribution in [0.25, 0.3) is 10.9 Å². The van der Waals surface area contributed by atoms with Gasteiger partial charge in [-0.15, -0.1) is 0 Å². The Bertz CT molecular complexity index is 1320. The van der Waals surface area contributed by atoms with Crippen molar-refractivity contribution in [1.82, 2.24) is 15.2 Å². The minimum atomic E-state index is -4.63. The van der Waals surface area contributed by atoms with Crippen molar-refractivity contribution in [2.75, 3.05) is 37.6 Å². The molecule has 0 atom stereocenters. The number of anilines is 1. The van der Waals surface area contributed by atoms with Gasteiger partial charge in [0.05, 0.1) is 28.0 Å². The lowest BCUT2D eigenvalue weighted by Crippen LogP contribution is -2.48. The molecule has 0 bridgehead atoms. The summed E-state index contributed by atoms with van der Waals surface area (Å²) < 4.78 is 52.1. The van der Waals surface area contributed by atoms with Gasteiger partial charge in [-0.05, 0) is 56.7 Å². The molecule has 11 heteroatoms. The second-order valence-corrected chi connectivity index (χ2v) is 9.57. The summed E-state index contributed by atoms with van der Waals surface area (Å²) in [6.45, 7) is 8.49. The number of aromatic nitrogens is 1. The summed E-state index contributed by atoms with van der Waals surface area (Å²) in [5.41, 5.74) is 2.11. The Morgan fingerprint density at radius 2 is 1.79 bits per heavy atom. The van der Waals surface area contributed by atoms with Crippen LogP contribution in [0.5, 0.6) is 5.88 Å². The van der Waals surface area contributed by atoms with Crippen molar-refractivity contribution in [1.29, 1.82) is 0 Å². The van der Waals surface area contributed by atoms with E-state index in [0.29, 0.717) is 23.9 Å². The van der Waals surface area contributed by atoms with E-state index in [1.165, 1.54) is 0 Å². The lowest BCUT2D eigenvalue weighted by Gasteiger charge is -2.38. The fraction of sp³-hybridized carbons (Fsp3) is 0.407. The van der Waals surface area contributed by atoms with Gasteiger partial charge in [-0.1, -0.05) is 6.92 Å². The van der Waals surface area contributed by atoms with E-state index in [9.17, 15) is 27.5 Å². The third-order valence-electron chi connectivity index (χ3n) is 6.71. The van der Waals surface area contributed by atoms with Crippen LogP contribution in [0.15, 0.2) is 41.4 Å². The number of amides is 1. The van der Waals surface area contributed by atoms with Crippen LogP contribution in [0.4, 0.5) is 28.9 Å². The molecule has 4 rings (SSSR count). The van der Waals surface area contributed by atoms with Gasteiger partial charge in [0, 0.05) is 43.3 Å². The maximum Gasteiger partial charge on any atom is 0.405 e. The number of aromatic amines is 1. The molecule has 1 aliphatic heterocycles. The molecular weight excluding hydrogens is 502 g/mol. The molecule has 0 saturated carbocycles. The third-order valence-corrected chi connectivity index (χ3v) is 6.71. The van der Waals surface area contributed by atoms with Gasteiger partial charge < -0.3 is 20.3 Å². The second-order valence-electron chi connectivity index (χ2n) is 9.57. The Labute approximate surface area is 218 Å². The number of hydrogen-bond acceptors (Lipinski definition) is 5. The molecule has 1 aromatic heterocycles. The van der Waals surface area contributed by atoms with Crippen LogP contribution in [0.1, 0.15) is 43.1 Å². The standard InChI is InChI=1S/C27H31F4N5O2/c1-4-22(33-17-5-7-18(8-6-17)36-11-9-35(10-12-36)16(2)3)24-20-13-19(25(37)32-15-27(29,30)31)21(28)14-23(20)34-26(24)38/h5-8,13-14,16,34,38H,4,9-12,15H2,1-3H3,(H,32,37). The fourth-order valence-corrected chi connectivity index (χ4v) is 4.65. The number of H-pyrrole nitrogens is 1. The van der Waals surface area contributed by atoms with Crippen LogP contribution in [-0.4, -0.2) is 71.6 Å². The van der Waals surface area contributed by atoms with Crippen molar-refractivity contribution in [3.05, 3.63) is 53.3 Å². The highest BCUT2D eigenvalue weighted by atomic mass is 19.4. The quantitative estimate of drug-likeness (QED) is 0.282. The number of fused-ring (bicyclic) bond motifs is 1. The monoisotopic (exact) mass is 533 g/mol. The summed E-state index contributed by atoms with van der Waals surface area (Å²) in [7, 11) is 0. The first-order valence-electron chi connectivity index (χ1n) is 12.5. The number of piperazine rings is 1. The molecular formula is C27H31F4N5O2. The molecule has 2 aromatic carbocycles. The Hall–Kier alpha value is -3.60. The minimum Gasteiger partial charge on any atom is -0.494 e. The van der Waals surface area contributed by atoms with Gasteiger partial charge in [0.2, 0.25) is 0 Å². The predicted molar refractivity (Wildman–Crippen MR) is 140 cm³/mol. The molecule has 204 valence electrons. The van der Waals surface area contributed by atoms with E-state index in [4.69, 9.17) is 0 Å². The van der Waals surface area contributed by atoms with Gasteiger partial charge in [-0.2, -0.15) is 13.2 Å². The number of rotatable bonds is 7. The summed E-state index contributed by atoms with van der Waals surface area (Å²) in [5.74, 6) is -2.48. The molecule has 1 aliphatic rings. The first-order chi connectivity index (χ1) is 18.0. The molecule has 1 amide bonds. The largest absolute Gasteiger partial charge is 0.494 e. The molecule has 38 heavy (non-hydrogen) atoms. The zero-order chi connectivity index (χ0) is 27.6. The average molecular weight is 534 g/mol. The zero-order valence-electron chi connectivity index (χ0n) is 21.5. The van der Waals surface area contributed by atoms with Crippen molar-refractivity contribution >= 4 is 33.9 Å². The predicted octanol–water partition coefficient (Wildman–Crippen LogP) is 5.37. The molecule has 3 aromatic rings. The molecule has 1 saturated heterocycles. The number of alkyl halides is 3. The van der Waals surface area contributed by atoms with E-state index in [1.807, 2.05) is 31.2 Å². The third kappa shape index (κ3) is 6.09. The number of halogens is 4. The minimum absolute atomic E-state index is 0.194. The zero-order valence-corrected chi connectivity index (χ0v) is 21.5. The molecule has 1 fully saturated rings. The molecule has 3 N–H and O–H groups in total. The summed E-state index contributed by atoms with van der Waals surface area (Å²) in [6, 6.07) is 10.4. The molecule has 0 unspecified atom stereocenters. The van der Waals surface area contributed by atoms with Gasteiger partial charge in [-0.25, -0.2) is 4.39 Å². The highest BCUT2D eigenvalue weighted by molar-refractivity contribution is 6.14. The highest BCUT2D eigenvalue weighted by Gasteiger charge is 2.29. The lowest BCUT2D eigenvalue weighted by atomic mass is 10.0. The van der Waals surface area contributed by atoms with E-state index in [-0.39, 0.29) is 22.3 Å². The topological polar surface area (TPSA) is 84.0 Å². The maximum absolute atomic E-state index is 14.5. The van der Waals surface area contributed by atoms with Crippen LogP contribution in [0, 0.1) is 5.82 Å². The Kier molecular flexibility index (Phi) is 7.96. The number of carbonyl (C=O) groups excluding carboxylic acids is 1. The Morgan fingerprint density at radius 3 is 2.37 bits per heavy atom. The summed E-state index contributed by atoms with van der Waals surface area (Å²) >= 11 is 0. The Balaban J connectivity index is 1.60. The van der Waals surface area contributed by atoms with Gasteiger partial charge in [-0.3, -0.25) is 14.7 Å². The van der Waals surface area contributed by atoms with E-state index < -0.39 is 30.0 Å². The van der Waals surface area contributed by atoms with E-state index in [2.05, 4.69) is 33.6 Å². The van der Waals surface area contributed by atoms with Crippen LogP contribution >= 0.6 is 0 Å². The summed E-state index contributed by atoms with van der Waals surface area (Å²) in [6.07, 6.45) is -4.24. The number of carbonyl (C=O) groups is 1. The number of aromatic hydroxyl groups is 1. The normalized spacial score (nSPS) is 15.5. The van der Waals surface area contributed by atoms with Crippen molar-refractivity contribution < 1.29 is 27.5 Å². The number of aliphatic imine (C=N–C) groups is 1. The van der Waals surface area contributed by atoms with Gasteiger partial charge in [0.15, 0.2) is 5.88 Å². The fourth-order valence-electron chi connectivity index (χ4n) is 4.65. The van der Waals surface area contributed by atoms with Gasteiger partial charge >= 0.3 is 6.18 Å². The molecule has 2 heterocycles. The first kappa shape index (κ1) is 27.4. The van der Waals surface area contributed by atoms with Crippen molar-refractivity contribution in [3.63, 3.8) is 0 Å². The summed E-state index contributed by atoms with van der Waals surface area (Å²) in [5, 5.41) is 12.6. The molecule has 0 spiro atoms. The van der Waals surface area contributed by atoms with Crippen LogP contribution in [0.2, 0.25) is 0 Å². The van der Waals surface area contributed by atoms with E-state index in [0.717, 1.165) is 44.0 Å². The lowest BCUT2D eigenvalue weighted by molar-refractivity contribution is -0.123. The number of nitrogens with one attached hydrogen (secondary N) is 2. The van der Waals surface area contributed by atoms with E-state index >= 15 is 0 Å². The summed E-state index contributed by atoms with van der Waals surface area (Å²) in [4.78, 5) is 24.4. The van der Waals surface area contributed by atoms with Crippen LogP contribution in [-0.2, 0) is 0 Å². The number of hydrogen-bond donors (Lipinski definition) is 3. The van der Waals surface area contributed by atoms with Crippen molar-refractivity contribution in [3.8, 4) is 5.88 Å². The van der Waals surface area contributed by atoms with Crippen LogP contribution in [0.3, 0.4) is 0 Å². The SMILES string of the molecule is CCC(=Nc1ccc(N2CCN(C(C)C)CC2)cc1)c1c(O)[nH]c2cc(F)c(C(=O)NCC(F)(F)F)cc12. The van der Waals surface area contributed by atoms with E-state index in [1.54, 1.807) is 5.32 Å². The Morgan fingerprint density at radius 1 is 1.13 bits per heavy atom. The van der Waals surface area contributed by atoms with Gasteiger partial charge in [0.1, 0.15) is 12.4 Å². The number of nitrogens with zero attached hydrogens (tertiary/aromatic N) is 3. The second kappa shape index (κ2) is 11.0.